The van der Waals surface area contributed by atoms with E-state index >= 15 is 0 Å². The highest BCUT2D eigenvalue weighted by atomic mass is 16.6. The molecule has 0 radical (unpaired) electrons. The number of rotatable bonds is 5. The lowest BCUT2D eigenvalue weighted by molar-refractivity contribution is -0.385. The van der Waals surface area contributed by atoms with E-state index in [9.17, 15) is 10.1 Å². The minimum absolute atomic E-state index is 0.140. The summed E-state index contributed by atoms with van der Waals surface area (Å²) in [7, 11) is 0. The highest BCUT2D eigenvalue weighted by Crippen LogP contribution is 2.22. The zero-order valence-corrected chi connectivity index (χ0v) is 10.7. The van der Waals surface area contributed by atoms with Gasteiger partial charge in [0.05, 0.1) is 16.9 Å². The predicted molar refractivity (Wildman–Crippen MR) is 68.3 cm³/mol. The molecule has 1 rings (SSSR count). The SMILES string of the molecule is CCN(CC(C)C#N)c1ncc([N+](=O)[O-])cc1C#N. The van der Waals surface area contributed by atoms with Crippen LogP contribution in [0.3, 0.4) is 0 Å². The number of anilines is 1. The third-order valence-corrected chi connectivity index (χ3v) is 2.58. The molecule has 0 saturated carbocycles. The Morgan fingerprint density at radius 3 is 2.74 bits per heavy atom. The first-order chi connectivity index (χ1) is 9.03. The number of nitrogens with zero attached hydrogens (tertiary/aromatic N) is 5. The lowest BCUT2D eigenvalue weighted by Gasteiger charge is -2.23. The molecular formula is C12H13N5O2. The van der Waals surface area contributed by atoms with Crippen LogP contribution in [0.5, 0.6) is 0 Å². The second kappa shape index (κ2) is 6.31. The van der Waals surface area contributed by atoms with Gasteiger partial charge in [-0.15, -0.1) is 0 Å². The van der Waals surface area contributed by atoms with Gasteiger partial charge < -0.3 is 4.90 Å². The van der Waals surface area contributed by atoms with E-state index in [0.29, 0.717) is 18.9 Å². The third kappa shape index (κ3) is 3.39. The molecule has 0 spiro atoms. The lowest BCUT2D eigenvalue weighted by atomic mass is 10.1. The van der Waals surface area contributed by atoms with Gasteiger partial charge >= 0.3 is 0 Å². The Balaban J connectivity index is 3.15. The number of aromatic nitrogens is 1. The molecule has 1 atom stereocenters. The van der Waals surface area contributed by atoms with E-state index in [4.69, 9.17) is 10.5 Å². The van der Waals surface area contributed by atoms with Crippen molar-refractivity contribution in [1.82, 2.24) is 4.98 Å². The molecule has 1 unspecified atom stereocenters. The molecule has 0 fully saturated rings. The monoisotopic (exact) mass is 259 g/mol. The predicted octanol–water partition coefficient (Wildman–Crippen LogP) is 1.85. The summed E-state index contributed by atoms with van der Waals surface area (Å²) >= 11 is 0. The van der Waals surface area contributed by atoms with Crippen molar-refractivity contribution in [1.29, 1.82) is 10.5 Å². The summed E-state index contributed by atoms with van der Waals surface area (Å²) in [5, 5.41) is 28.5. The molecule has 1 heterocycles. The van der Waals surface area contributed by atoms with Crippen LogP contribution in [0.25, 0.3) is 0 Å². The number of hydrogen-bond donors (Lipinski definition) is 0. The Hall–Kier alpha value is -2.67. The summed E-state index contributed by atoms with van der Waals surface area (Å²) in [6.45, 7) is 4.62. The molecule has 98 valence electrons. The van der Waals surface area contributed by atoms with E-state index in [-0.39, 0.29) is 17.2 Å². The Bertz CT molecular complexity index is 558. The van der Waals surface area contributed by atoms with Gasteiger partial charge in [0, 0.05) is 19.2 Å². The Morgan fingerprint density at radius 1 is 1.58 bits per heavy atom. The van der Waals surface area contributed by atoms with Crippen molar-refractivity contribution >= 4 is 11.5 Å². The van der Waals surface area contributed by atoms with Crippen LogP contribution in [0.4, 0.5) is 11.5 Å². The fraction of sp³-hybridized carbons (Fsp3) is 0.417. The molecular weight excluding hydrogens is 246 g/mol. The van der Waals surface area contributed by atoms with E-state index in [1.165, 1.54) is 6.07 Å². The standard InChI is InChI=1S/C12H13N5O2/c1-3-16(8-9(2)5-13)12-10(6-14)4-11(7-15-12)17(18)19/h4,7,9H,3,8H2,1-2H3. The van der Waals surface area contributed by atoms with Gasteiger partial charge in [-0.3, -0.25) is 10.1 Å². The van der Waals surface area contributed by atoms with Gasteiger partial charge in [0.15, 0.2) is 0 Å². The number of nitriles is 2. The first kappa shape index (κ1) is 14.4. The molecule has 0 aliphatic rings. The molecule has 1 aromatic rings. The second-order valence-electron chi connectivity index (χ2n) is 4.00. The van der Waals surface area contributed by atoms with Crippen LogP contribution in [-0.2, 0) is 0 Å². The molecule has 1 aromatic heterocycles. The van der Waals surface area contributed by atoms with E-state index in [1.54, 1.807) is 11.8 Å². The maximum Gasteiger partial charge on any atom is 0.289 e. The fourth-order valence-electron chi connectivity index (χ4n) is 1.62. The summed E-state index contributed by atoms with van der Waals surface area (Å²) in [6.07, 6.45) is 1.12. The zero-order chi connectivity index (χ0) is 14.4. The van der Waals surface area contributed by atoms with Crippen LogP contribution in [0.2, 0.25) is 0 Å². The Kier molecular flexibility index (Phi) is 4.78. The van der Waals surface area contributed by atoms with Gasteiger partial charge in [0.2, 0.25) is 0 Å². The van der Waals surface area contributed by atoms with Crippen molar-refractivity contribution in [3.8, 4) is 12.1 Å². The molecule has 0 N–H and O–H groups in total. The molecule has 0 amide bonds. The van der Waals surface area contributed by atoms with Crippen molar-refractivity contribution < 1.29 is 4.92 Å². The average molecular weight is 259 g/mol. The van der Waals surface area contributed by atoms with Gasteiger partial charge in [-0.05, 0) is 13.8 Å². The molecule has 7 nitrogen and oxygen atoms in total. The van der Waals surface area contributed by atoms with E-state index in [1.807, 2.05) is 13.0 Å². The molecule has 0 saturated heterocycles. The van der Waals surface area contributed by atoms with Crippen molar-refractivity contribution in [2.75, 3.05) is 18.0 Å². The first-order valence-corrected chi connectivity index (χ1v) is 5.72. The third-order valence-electron chi connectivity index (χ3n) is 2.58. The van der Waals surface area contributed by atoms with Gasteiger partial charge in [-0.25, -0.2) is 4.98 Å². The van der Waals surface area contributed by atoms with Crippen molar-refractivity contribution in [2.24, 2.45) is 5.92 Å². The van der Waals surface area contributed by atoms with E-state index in [0.717, 1.165) is 6.20 Å². The highest BCUT2D eigenvalue weighted by molar-refractivity contribution is 5.57. The Labute approximate surface area is 110 Å². The maximum absolute atomic E-state index is 10.6. The number of nitro groups is 1. The maximum atomic E-state index is 10.6. The number of pyridine rings is 1. The minimum atomic E-state index is -0.591. The largest absolute Gasteiger partial charge is 0.354 e. The van der Waals surface area contributed by atoms with Crippen LogP contribution in [0.15, 0.2) is 12.3 Å². The van der Waals surface area contributed by atoms with Crippen LogP contribution < -0.4 is 4.90 Å². The molecule has 0 aliphatic carbocycles. The molecule has 19 heavy (non-hydrogen) atoms. The fourth-order valence-corrected chi connectivity index (χ4v) is 1.62. The van der Waals surface area contributed by atoms with Gasteiger partial charge in [-0.1, -0.05) is 0 Å². The zero-order valence-electron chi connectivity index (χ0n) is 10.7. The summed E-state index contributed by atoms with van der Waals surface area (Å²) in [6, 6.07) is 5.21. The quantitative estimate of drug-likeness (QED) is 0.589. The molecule has 0 aromatic carbocycles. The Morgan fingerprint density at radius 2 is 2.26 bits per heavy atom. The van der Waals surface area contributed by atoms with Crippen LogP contribution >= 0.6 is 0 Å². The van der Waals surface area contributed by atoms with Crippen LogP contribution in [-0.4, -0.2) is 23.0 Å². The summed E-state index contributed by atoms with van der Waals surface area (Å²) in [4.78, 5) is 15.8. The highest BCUT2D eigenvalue weighted by Gasteiger charge is 2.17. The van der Waals surface area contributed by atoms with Gasteiger partial charge in [-0.2, -0.15) is 10.5 Å². The van der Waals surface area contributed by atoms with Crippen molar-refractivity contribution in [3.63, 3.8) is 0 Å². The van der Waals surface area contributed by atoms with Crippen LogP contribution in [0, 0.1) is 38.7 Å². The minimum Gasteiger partial charge on any atom is -0.354 e. The molecule has 7 heteroatoms. The van der Waals surface area contributed by atoms with Gasteiger partial charge in [0.1, 0.15) is 23.6 Å². The average Bonchev–Trinajstić information content (AvgIpc) is 2.43. The van der Waals surface area contributed by atoms with Gasteiger partial charge in [0.25, 0.3) is 5.69 Å². The summed E-state index contributed by atoms with van der Waals surface area (Å²) < 4.78 is 0. The summed E-state index contributed by atoms with van der Waals surface area (Å²) in [5.41, 5.74) is -0.0779. The van der Waals surface area contributed by atoms with Crippen LogP contribution in [0.1, 0.15) is 19.4 Å². The topological polar surface area (TPSA) is 107 Å². The smallest absolute Gasteiger partial charge is 0.289 e. The second-order valence-corrected chi connectivity index (χ2v) is 4.00. The normalized spacial score (nSPS) is 11.2. The lowest BCUT2D eigenvalue weighted by Crippen LogP contribution is -2.29. The van der Waals surface area contributed by atoms with E-state index < -0.39 is 4.92 Å². The number of hydrogen-bond acceptors (Lipinski definition) is 6. The molecule has 0 aliphatic heterocycles. The first-order valence-electron chi connectivity index (χ1n) is 5.72. The van der Waals surface area contributed by atoms with E-state index in [2.05, 4.69) is 11.1 Å². The van der Waals surface area contributed by atoms with Crippen molar-refractivity contribution in [2.45, 2.75) is 13.8 Å². The summed E-state index contributed by atoms with van der Waals surface area (Å²) in [5.74, 6) is 0.154. The van der Waals surface area contributed by atoms with Crippen molar-refractivity contribution in [3.05, 3.63) is 27.9 Å². The molecule has 0 bridgehead atoms.